The molecule has 1 unspecified atom stereocenters. The predicted octanol–water partition coefficient (Wildman–Crippen LogP) is 2.47. The van der Waals surface area contributed by atoms with Gasteiger partial charge in [-0.25, -0.2) is 4.39 Å². The lowest BCUT2D eigenvalue weighted by molar-refractivity contribution is 0.200. The van der Waals surface area contributed by atoms with Gasteiger partial charge in [0.2, 0.25) is 0 Å². The van der Waals surface area contributed by atoms with Crippen molar-refractivity contribution in [3.05, 3.63) is 35.1 Å². The number of aryl methyl sites for hydroxylation is 1. The molecule has 1 atom stereocenters. The van der Waals surface area contributed by atoms with Gasteiger partial charge in [-0.05, 0) is 51.1 Å². The fourth-order valence-electron chi connectivity index (χ4n) is 1.84. The van der Waals surface area contributed by atoms with Crippen molar-refractivity contribution in [2.24, 2.45) is 5.73 Å². The van der Waals surface area contributed by atoms with E-state index in [-0.39, 0.29) is 11.9 Å². The molecule has 2 nitrogen and oxygen atoms in total. The van der Waals surface area contributed by atoms with Crippen molar-refractivity contribution in [3.63, 3.8) is 0 Å². The quantitative estimate of drug-likeness (QED) is 0.851. The second kappa shape index (κ2) is 5.41. The summed E-state index contributed by atoms with van der Waals surface area (Å²) in [5.74, 6) is -0.198. The van der Waals surface area contributed by atoms with Gasteiger partial charge in [-0.3, -0.25) is 4.90 Å². The van der Waals surface area contributed by atoms with Crippen LogP contribution >= 0.6 is 0 Å². The Balaban J connectivity index is 3.07. The summed E-state index contributed by atoms with van der Waals surface area (Å²) in [6.07, 6.45) is 0. The lowest BCUT2D eigenvalue weighted by Gasteiger charge is -2.31. The van der Waals surface area contributed by atoms with Gasteiger partial charge in [0.05, 0.1) is 0 Å². The van der Waals surface area contributed by atoms with Crippen LogP contribution in [-0.2, 0) is 0 Å². The molecule has 0 saturated carbocycles. The van der Waals surface area contributed by atoms with Crippen molar-refractivity contribution in [1.82, 2.24) is 4.90 Å². The van der Waals surface area contributed by atoms with E-state index in [0.717, 1.165) is 11.1 Å². The minimum absolute atomic E-state index is 0.0794. The van der Waals surface area contributed by atoms with E-state index >= 15 is 0 Å². The molecule has 3 heteroatoms. The first-order chi connectivity index (χ1) is 7.47. The Morgan fingerprint density at radius 1 is 1.38 bits per heavy atom. The van der Waals surface area contributed by atoms with Crippen molar-refractivity contribution in [1.29, 1.82) is 0 Å². The third kappa shape index (κ3) is 2.80. The van der Waals surface area contributed by atoms with Gasteiger partial charge in [0.25, 0.3) is 0 Å². The maximum atomic E-state index is 13.2. The van der Waals surface area contributed by atoms with Gasteiger partial charge in [-0.15, -0.1) is 0 Å². The largest absolute Gasteiger partial charge is 0.329 e. The van der Waals surface area contributed by atoms with Gasteiger partial charge in [0.15, 0.2) is 0 Å². The Morgan fingerprint density at radius 2 is 2.00 bits per heavy atom. The van der Waals surface area contributed by atoms with Crippen molar-refractivity contribution in [2.75, 3.05) is 13.6 Å². The summed E-state index contributed by atoms with van der Waals surface area (Å²) in [5, 5.41) is 0. The fourth-order valence-corrected chi connectivity index (χ4v) is 1.84. The number of hydrogen-bond acceptors (Lipinski definition) is 2. The molecule has 2 N–H and O–H groups in total. The Labute approximate surface area is 97.3 Å². The lowest BCUT2D eigenvalue weighted by Crippen LogP contribution is -2.35. The zero-order chi connectivity index (χ0) is 12.3. The molecule has 0 amide bonds. The average molecular weight is 224 g/mol. The summed E-state index contributed by atoms with van der Waals surface area (Å²) >= 11 is 0. The Morgan fingerprint density at radius 3 is 2.50 bits per heavy atom. The SMILES string of the molecule is Cc1ccc(F)cc1C(CN)N(C)C(C)C. The zero-order valence-corrected chi connectivity index (χ0v) is 10.5. The molecule has 1 aromatic carbocycles. The van der Waals surface area contributed by atoms with Crippen LogP contribution in [0.25, 0.3) is 0 Å². The molecule has 1 rings (SSSR count). The highest BCUT2D eigenvalue weighted by atomic mass is 19.1. The van der Waals surface area contributed by atoms with E-state index in [1.165, 1.54) is 6.07 Å². The Bertz CT molecular complexity index is 350. The molecule has 90 valence electrons. The van der Waals surface area contributed by atoms with E-state index in [2.05, 4.69) is 18.7 Å². The van der Waals surface area contributed by atoms with Crippen LogP contribution in [0.2, 0.25) is 0 Å². The molecule has 0 aliphatic heterocycles. The molecule has 0 aliphatic carbocycles. The Kier molecular flexibility index (Phi) is 4.44. The lowest BCUT2D eigenvalue weighted by atomic mass is 9.99. The summed E-state index contributed by atoms with van der Waals surface area (Å²) in [6, 6.07) is 5.35. The summed E-state index contributed by atoms with van der Waals surface area (Å²) in [6.45, 7) is 6.71. The highest BCUT2D eigenvalue weighted by molar-refractivity contribution is 5.30. The van der Waals surface area contributed by atoms with Gasteiger partial charge < -0.3 is 5.73 Å². The smallest absolute Gasteiger partial charge is 0.123 e. The predicted molar refractivity (Wildman–Crippen MR) is 65.8 cm³/mol. The number of nitrogens with two attached hydrogens (primary N) is 1. The Hall–Kier alpha value is -0.930. The number of likely N-dealkylation sites (N-methyl/N-ethyl adjacent to an activating group) is 1. The standard InChI is InChI=1S/C13H21FN2/c1-9(2)16(4)13(8-15)12-7-11(14)6-5-10(12)3/h5-7,9,13H,8,15H2,1-4H3. The van der Waals surface area contributed by atoms with Gasteiger partial charge in [0, 0.05) is 18.6 Å². The second-order valence-electron chi connectivity index (χ2n) is 4.51. The molecule has 0 bridgehead atoms. The molecule has 0 radical (unpaired) electrons. The molecule has 1 aromatic rings. The van der Waals surface area contributed by atoms with Crippen LogP contribution < -0.4 is 5.73 Å². The maximum Gasteiger partial charge on any atom is 0.123 e. The highest BCUT2D eigenvalue weighted by Gasteiger charge is 2.19. The maximum absolute atomic E-state index is 13.2. The van der Waals surface area contributed by atoms with E-state index < -0.39 is 0 Å². The van der Waals surface area contributed by atoms with E-state index in [4.69, 9.17) is 5.73 Å². The van der Waals surface area contributed by atoms with Crippen LogP contribution in [0, 0.1) is 12.7 Å². The molecule has 0 saturated heterocycles. The average Bonchev–Trinajstić information content (AvgIpc) is 2.23. The number of nitrogens with zero attached hydrogens (tertiary/aromatic N) is 1. The summed E-state index contributed by atoms with van der Waals surface area (Å²) < 4.78 is 13.2. The van der Waals surface area contributed by atoms with Gasteiger partial charge >= 0.3 is 0 Å². The molecule has 16 heavy (non-hydrogen) atoms. The molecular formula is C13H21FN2. The van der Waals surface area contributed by atoms with Crippen molar-refractivity contribution >= 4 is 0 Å². The van der Waals surface area contributed by atoms with Crippen LogP contribution in [0.3, 0.4) is 0 Å². The van der Waals surface area contributed by atoms with Crippen LogP contribution in [0.4, 0.5) is 4.39 Å². The molecular weight excluding hydrogens is 203 g/mol. The highest BCUT2D eigenvalue weighted by Crippen LogP contribution is 2.24. The first kappa shape index (κ1) is 13.1. The number of halogens is 1. The van der Waals surface area contributed by atoms with E-state index in [9.17, 15) is 4.39 Å². The second-order valence-corrected chi connectivity index (χ2v) is 4.51. The topological polar surface area (TPSA) is 29.3 Å². The third-order valence-electron chi connectivity index (χ3n) is 3.13. The zero-order valence-electron chi connectivity index (χ0n) is 10.5. The molecule has 0 aromatic heterocycles. The van der Waals surface area contributed by atoms with Crippen LogP contribution in [0.5, 0.6) is 0 Å². The molecule has 0 heterocycles. The van der Waals surface area contributed by atoms with Crippen LogP contribution in [0.15, 0.2) is 18.2 Å². The van der Waals surface area contributed by atoms with Gasteiger partial charge in [-0.1, -0.05) is 6.07 Å². The summed E-state index contributed by atoms with van der Waals surface area (Å²) in [5.41, 5.74) is 7.87. The summed E-state index contributed by atoms with van der Waals surface area (Å²) in [4.78, 5) is 2.17. The number of benzene rings is 1. The van der Waals surface area contributed by atoms with Crippen molar-refractivity contribution < 1.29 is 4.39 Å². The summed E-state index contributed by atoms with van der Waals surface area (Å²) in [7, 11) is 2.02. The van der Waals surface area contributed by atoms with Crippen LogP contribution in [0.1, 0.15) is 31.0 Å². The monoisotopic (exact) mass is 224 g/mol. The number of rotatable bonds is 4. The minimum Gasteiger partial charge on any atom is -0.329 e. The van der Waals surface area contributed by atoms with E-state index in [0.29, 0.717) is 12.6 Å². The molecule has 0 fully saturated rings. The minimum atomic E-state index is -0.198. The fraction of sp³-hybridized carbons (Fsp3) is 0.538. The van der Waals surface area contributed by atoms with Gasteiger partial charge in [0.1, 0.15) is 5.82 Å². The first-order valence-corrected chi connectivity index (χ1v) is 5.65. The van der Waals surface area contributed by atoms with E-state index in [1.807, 2.05) is 20.0 Å². The normalized spacial score (nSPS) is 13.5. The van der Waals surface area contributed by atoms with Gasteiger partial charge in [-0.2, -0.15) is 0 Å². The van der Waals surface area contributed by atoms with Crippen molar-refractivity contribution in [2.45, 2.75) is 32.9 Å². The van der Waals surface area contributed by atoms with Crippen LogP contribution in [-0.4, -0.2) is 24.5 Å². The third-order valence-corrected chi connectivity index (χ3v) is 3.13. The molecule has 0 spiro atoms. The van der Waals surface area contributed by atoms with Crippen molar-refractivity contribution in [3.8, 4) is 0 Å². The number of hydrogen-bond donors (Lipinski definition) is 1. The molecule has 0 aliphatic rings. The van der Waals surface area contributed by atoms with E-state index in [1.54, 1.807) is 6.07 Å². The first-order valence-electron chi connectivity index (χ1n) is 5.65.